The van der Waals surface area contributed by atoms with Gasteiger partial charge in [-0.15, -0.1) is 0 Å². The van der Waals surface area contributed by atoms with Crippen LogP contribution in [0.5, 0.6) is 0 Å². The van der Waals surface area contributed by atoms with E-state index in [1.165, 1.54) is 41.1 Å². The van der Waals surface area contributed by atoms with E-state index in [4.69, 9.17) is 0 Å². The van der Waals surface area contributed by atoms with Gasteiger partial charge in [-0.05, 0) is 42.5 Å². The van der Waals surface area contributed by atoms with Crippen molar-refractivity contribution in [3.63, 3.8) is 0 Å². The smallest absolute Gasteiger partial charge is 0.336 e. The number of alkyl halides is 3. The number of rotatable bonds is 4. The number of carbonyl (C=O) groups excluding carboxylic acids is 1. The summed E-state index contributed by atoms with van der Waals surface area (Å²) in [7, 11) is 0. The number of pyridine rings is 2. The molecule has 0 radical (unpaired) electrons. The standard InChI is InChI=1S/C22H20F4N4O2/c23-16-3-1-15(2-4-16)20(31)30-13-10-28(11-14-30)9-12-29-8-7-18-17(21(29)32)5-6-19(27-18)22(24,25)26/h1-8H,9-14H2. The van der Waals surface area contributed by atoms with Crippen LogP contribution in [-0.4, -0.2) is 58.0 Å². The third kappa shape index (κ3) is 4.64. The van der Waals surface area contributed by atoms with Crippen LogP contribution >= 0.6 is 0 Å². The van der Waals surface area contributed by atoms with Gasteiger partial charge in [-0.3, -0.25) is 14.5 Å². The van der Waals surface area contributed by atoms with Crippen molar-refractivity contribution in [3.05, 3.63) is 76.1 Å². The van der Waals surface area contributed by atoms with Crippen LogP contribution in [0.4, 0.5) is 17.6 Å². The molecule has 0 atom stereocenters. The van der Waals surface area contributed by atoms with Crippen molar-refractivity contribution in [3.8, 4) is 0 Å². The molecule has 4 rings (SSSR count). The van der Waals surface area contributed by atoms with Gasteiger partial charge >= 0.3 is 6.18 Å². The number of piperazine rings is 1. The quantitative estimate of drug-likeness (QED) is 0.576. The van der Waals surface area contributed by atoms with E-state index in [1.807, 2.05) is 0 Å². The normalized spacial score (nSPS) is 15.3. The number of hydrogen-bond acceptors (Lipinski definition) is 4. The maximum absolute atomic E-state index is 13.0. The van der Waals surface area contributed by atoms with E-state index in [9.17, 15) is 27.2 Å². The predicted molar refractivity (Wildman–Crippen MR) is 110 cm³/mol. The summed E-state index contributed by atoms with van der Waals surface area (Å²) in [6.07, 6.45) is -3.12. The molecule has 10 heteroatoms. The summed E-state index contributed by atoms with van der Waals surface area (Å²) < 4.78 is 53.0. The Hall–Kier alpha value is -3.27. The molecule has 0 unspecified atom stereocenters. The number of nitrogens with zero attached hydrogens (tertiary/aromatic N) is 4. The lowest BCUT2D eigenvalue weighted by Crippen LogP contribution is -2.49. The van der Waals surface area contributed by atoms with Crippen LogP contribution in [0, 0.1) is 5.82 Å². The number of benzene rings is 1. The van der Waals surface area contributed by atoms with Crippen LogP contribution in [0.2, 0.25) is 0 Å². The summed E-state index contributed by atoms with van der Waals surface area (Å²) in [4.78, 5) is 32.5. The van der Waals surface area contributed by atoms with Crippen LogP contribution in [-0.2, 0) is 12.7 Å². The van der Waals surface area contributed by atoms with E-state index in [0.29, 0.717) is 44.8 Å². The third-order valence-corrected chi connectivity index (χ3v) is 5.53. The second-order valence-electron chi connectivity index (χ2n) is 7.58. The fourth-order valence-electron chi connectivity index (χ4n) is 3.70. The Balaban J connectivity index is 1.36. The lowest BCUT2D eigenvalue weighted by molar-refractivity contribution is -0.140. The minimum absolute atomic E-state index is 0.00833. The Morgan fingerprint density at radius 3 is 2.28 bits per heavy atom. The summed E-state index contributed by atoms with van der Waals surface area (Å²) in [5.41, 5.74) is -0.983. The van der Waals surface area contributed by atoms with Gasteiger partial charge in [-0.1, -0.05) is 0 Å². The number of halogens is 4. The van der Waals surface area contributed by atoms with E-state index in [0.717, 1.165) is 12.1 Å². The van der Waals surface area contributed by atoms with Crippen LogP contribution in [0.3, 0.4) is 0 Å². The number of fused-ring (bicyclic) bond motifs is 1. The molecule has 6 nitrogen and oxygen atoms in total. The van der Waals surface area contributed by atoms with E-state index in [2.05, 4.69) is 9.88 Å². The zero-order valence-electron chi connectivity index (χ0n) is 17.0. The van der Waals surface area contributed by atoms with Gasteiger partial charge in [0.2, 0.25) is 0 Å². The molecule has 3 aromatic rings. The van der Waals surface area contributed by atoms with Crippen molar-refractivity contribution in [2.45, 2.75) is 12.7 Å². The molecule has 1 aliphatic heterocycles. The van der Waals surface area contributed by atoms with Gasteiger partial charge in [0.05, 0.1) is 10.9 Å². The molecular weight excluding hydrogens is 428 g/mol. The maximum Gasteiger partial charge on any atom is 0.433 e. The van der Waals surface area contributed by atoms with Crippen LogP contribution < -0.4 is 5.56 Å². The summed E-state index contributed by atoms with van der Waals surface area (Å²) in [6.45, 7) is 3.16. The molecule has 0 bridgehead atoms. The minimum atomic E-state index is -4.57. The number of hydrogen-bond donors (Lipinski definition) is 0. The molecule has 0 saturated carbocycles. The van der Waals surface area contributed by atoms with E-state index < -0.39 is 23.2 Å². The largest absolute Gasteiger partial charge is 0.433 e. The van der Waals surface area contributed by atoms with Gasteiger partial charge in [0.25, 0.3) is 11.5 Å². The first-order valence-corrected chi connectivity index (χ1v) is 10.1. The Bertz CT molecular complexity index is 1180. The third-order valence-electron chi connectivity index (χ3n) is 5.53. The first kappa shape index (κ1) is 21.9. The first-order valence-electron chi connectivity index (χ1n) is 10.1. The van der Waals surface area contributed by atoms with Crippen molar-refractivity contribution in [1.29, 1.82) is 0 Å². The zero-order chi connectivity index (χ0) is 22.9. The number of amides is 1. The molecule has 3 heterocycles. The highest BCUT2D eigenvalue weighted by molar-refractivity contribution is 5.94. The number of aromatic nitrogens is 2. The Morgan fingerprint density at radius 2 is 1.62 bits per heavy atom. The molecule has 0 spiro atoms. The van der Waals surface area contributed by atoms with Crippen molar-refractivity contribution in [1.82, 2.24) is 19.4 Å². The van der Waals surface area contributed by atoms with Crippen LogP contribution in [0.1, 0.15) is 16.1 Å². The summed E-state index contributed by atoms with van der Waals surface area (Å²) in [6, 6.07) is 8.81. The molecule has 0 aliphatic carbocycles. The van der Waals surface area contributed by atoms with Gasteiger partial charge < -0.3 is 9.47 Å². The van der Waals surface area contributed by atoms with Crippen molar-refractivity contribution < 1.29 is 22.4 Å². The minimum Gasteiger partial charge on any atom is -0.336 e. The lowest BCUT2D eigenvalue weighted by Gasteiger charge is -2.34. The summed E-state index contributed by atoms with van der Waals surface area (Å²) >= 11 is 0. The molecule has 1 fully saturated rings. The molecule has 168 valence electrons. The highest BCUT2D eigenvalue weighted by Crippen LogP contribution is 2.28. The topological polar surface area (TPSA) is 58.4 Å². The summed E-state index contributed by atoms with van der Waals surface area (Å²) in [5.74, 6) is -0.548. The van der Waals surface area contributed by atoms with Gasteiger partial charge in [0.15, 0.2) is 0 Å². The van der Waals surface area contributed by atoms with Crippen molar-refractivity contribution in [2.75, 3.05) is 32.7 Å². The molecule has 1 aliphatic rings. The summed E-state index contributed by atoms with van der Waals surface area (Å²) in [5, 5.41) is 0.134. The van der Waals surface area contributed by atoms with Gasteiger partial charge in [0.1, 0.15) is 11.5 Å². The van der Waals surface area contributed by atoms with Crippen molar-refractivity contribution >= 4 is 16.8 Å². The second-order valence-corrected chi connectivity index (χ2v) is 7.58. The Labute approximate surface area is 180 Å². The highest BCUT2D eigenvalue weighted by Gasteiger charge is 2.32. The van der Waals surface area contributed by atoms with Gasteiger partial charge in [-0.25, -0.2) is 9.37 Å². The monoisotopic (exact) mass is 448 g/mol. The van der Waals surface area contributed by atoms with E-state index in [1.54, 1.807) is 4.90 Å². The molecule has 1 aromatic carbocycles. The first-order chi connectivity index (χ1) is 15.2. The van der Waals surface area contributed by atoms with Crippen molar-refractivity contribution in [2.24, 2.45) is 0 Å². The van der Waals surface area contributed by atoms with Crippen LogP contribution in [0.15, 0.2) is 53.5 Å². The molecule has 2 aromatic heterocycles. The molecular formula is C22H20F4N4O2. The average molecular weight is 448 g/mol. The van der Waals surface area contributed by atoms with E-state index in [-0.39, 0.29) is 16.8 Å². The predicted octanol–water partition coefficient (Wildman–Crippen LogP) is 3.01. The Morgan fingerprint density at radius 1 is 0.938 bits per heavy atom. The Kier molecular flexibility index (Phi) is 5.96. The molecule has 1 amide bonds. The highest BCUT2D eigenvalue weighted by atomic mass is 19.4. The SMILES string of the molecule is O=C(c1ccc(F)cc1)N1CCN(CCn2ccc3nc(C(F)(F)F)ccc3c2=O)CC1. The molecule has 1 saturated heterocycles. The fourth-order valence-corrected chi connectivity index (χ4v) is 3.70. The van der Waals surface area contributed by atoms with Crippen LogP contribution in [0.25, 0.3) is 10.9 Å². The zero-order valence-corrected chi connectivity index (χ0v) is 17.0. The van der Waals surface area contributed by atoms with Gasteiger partial charge in [0, 0.05) is 51.0 Å². The number of carbonyl (C=O) groups is 1. The average Bonchev–Trinajstić information content (AvgIpc) is 2.78. The fraction of sp³-hybridized carbons (Fsp3) is 0.318. The molecule has 32 heavy (non-hydrogen) atoms. The molecule has 0 N–H and O–H groups in total. The maximum atomic E-state index is 13.0. The second kappa shape index (κ2) is 8.70. The van der Waals surface area contributed by atoms with E-state index >= 15 is 0 Å². The van der Waals surface area contributed by atoms with Gasteiger partial charge in [-0.2, -0.15) is 13.2 Å². The lowest BCUT2D eigenvalue weighted by atomic mass is 10.2.